The quantitative estimate of drug-likeness (QED) is 0.793. The molecule has 3 rings (SSSR count). The zero-order valence-corrected chi connectivity index (χ0v) is 11.8. The molecule has 21 heavy (non-hydrogen) atoms. The predicted octanol–water partition coefficient (Wildman–Crippen LogP) is 1.71. The molecule has 3 heterocycles. The van der Waals surface area contributed by atoms with Crippen molar-refractivity contribution in [3.05, 3.63) is 24.3 Å². The van der Waals surface area contributed by atoms with Crippen LogP contribution in [-0.2, 0) is 16.1 Å². The van der Waals surface area contributed by atoms with Crippen LogP contribution in [0.2, 0.25) is 0 Å². The average molecular weight is 291 g/mol. The number of likely N-dealkylation sites (tertiary alicyclic amines) is 1. The van der Waals surface area contributed by atoms with Crippen molar-refractivity contribution in [3.63, 3.8) is 0 Å². The summed E-state index contributed by atoms with van der Waals surface area (Å²) in [5.74, 6) is 1.22. The predicted molar refractivity (Wildman–Crippen MR) is 72.0 cm³/mol. The van der Waals surface area contributed by atoms with E-state index in [0.717, 1.165) is 19.4 Å². The van der Waals surface area contributed by atoms with Crippen LogP contribution in [0.4, 0.5) is 0 Å². The minimum atomic E-state index is -0.151. The van der Waals surface area contributed by atoms with Gasteiger partial charge in [0.05, 0.1) is 25.8 Å². The maximum absolute atomic E-state index is 11.6. The summed E-state index contributed by atoms with van der Waals surface area (Å²) in [7, 11) is 1.43. The first-order valence-corrected chi connectivity index (χ1v) is 6.92. The molecule has 0 bridgehead atoms. The summed E-state index contributed by atoms with van der Waals surface area (Å²) in [6, 6.07) is 3.54. The summed E-state index contributed by atoms with van der Waals surface area (Å²) < 4.78 is 15.6. The number of hydrogen-bond acceptors (Lipinski definition) is 7. The van der Waals surface area contributed by atoms with E-state index in [-0.39, 0.29) is 11.9 Å². The van der Waals surface area contributed by atoms with E-state index >= 15 is 0 Å². The third kappa shape index (κ3) is 3.13. The van der Waals surface area contributed by atoms with Crippen LogP contribution in [0.15, 0.2) is 27.2 Å². The number of aromatic nitrogens is 2. The van der Waals surface area contributed by atoms with E-state index in [9.17, 15) is 4.79 Å². The van der Waals surface area contributed by atoms with Gasteiger partial charge in [-0.3, -0.25) is 9.69 Å². The summed E-state index contributed by atoms with van der Waals surface area (Å²) in [6.45, 7) is 2.10. The lowest BCUT2D eigenvalue weighted by molar-refractivity contribution is -0.147. The van der Waals surface area contributed by atoms with Gasteiger partial charge in [-0.05, 0) is 31.5 Å². The molecule has 0 aromatic carbocycles. The number of methoxy groups -OCH3 is 1. The molecule has 7 heteroatoms. The SMILES string of the molecule is COC(=O)[C@H]1CCCN(Cc2nnc(-c3ccco3)o2)C1. The van der Waals surface area contributed by atoms with Crippen molar-refractivity contribution >= 4 is 5.97 Å². The molecule has 2 aromatic heterocycles. The summed E-state index contributed by atoms with van der Waals surface area (Å²) in [5.41, 5.74) is 0. The standard InChI is InChI=1S/C14H17N3O4/c1-19-14(18)10-4-2-6-17(8-10)9-12-15-16-13(21-12)11-5-3-7-20-11/h3,5,7,10H,2,4,6,8-9H2,1H3/t10-/m0/s1. The molecule has 7 nitrogen and oxygen atoms in total. The Balaban J connectivity index is 1.62. The van der Waals surface area contributed by atoms with Gasteiger partial charge >= 0.3 is 5.97 Å². The first-order chi connectivity index (χ1) is 10.3. The van der Waals surface area contributed by atoms with Gasteiger partial charge < -0.3 is 13.6 Å². The first-order valence-electron chi connectivity index (χ1n) is 6.92. The lowest BCUT2D eigenvalue weighted by atomic mass is 9.98. The van der Waals surface area contributed by atoms with Crippen LogP contribution in [0.1, 0.15) is 18.7 Å². The van der Waals surface area contributed by atoms with Gasteiger partial charge in [-0.2, -0.15) is 0 Å². The third-order valence-electron chi connectivity index (χ3n) is 3.60. The van der Waals surface area contributed by atoms with E-state index in [1.807, 2.05) is 0 Å². The van der Waals surface area contributed by atoms with Crippen molar-refractivity contribution in [1.29, 1.82) is 0 Å². The molecule has 1 saturated heterocycles. The van der Waals surface area contributed by atoms with Crippen molar-refractivity contribution in [3.8, 4) is 11.7 Å². The number of furan rings is 1. The van der Waals surface area contributed by atoms with Gasteiger partial charge in [0, 0.05) is 6.54 Å². The van der Waals surface area contributed by atoms with Gasteiger partial charge in [-0.15, -0.1) is 10.2 Å². The molecule has 0 N–H and O–H groups in total. The largest absolute Gasteiger partial charge is 0.469 e. The molecular weight excluding hydrogens is 274 g/mol. The van der Waals surface area contributed by atoms with Gasteiger partial charge in [-0.1, -0.05) is 0 Å². The number of esters is 1. The highest BCUT2D eigenvalue weighted by Gasteiger charge is 2.27. The fraction of sp³-hybridized carbons (Fsp3) is 0.500. The average Bonchev–Trinajstić information content (AvgIpc) is 3.17. The Morgan fingerprint density at radius 1 is 1.52 bits per heavy atom. The minimum Gasteiger partial charge on any atom is -0.469 e. The number of rotatable bonds is 4. The lowest BCUT2D eigenvalue weighted by Gasteiger charge is -2.29. The molecule has 0 aliphatic carbocycles. The van der Waals surface area contributed by atoms with Crippen LogP contribution in [0, 0.1) is 5.92 Å². The summed E-state index contributed by atoms with van der Waals surface area (Å²) >= 11 is 0. The van der Waals surface area contributed by atoms with E-state index in [1.165, 1.54) is 7.11 Å². The number of hydrogen-bond donors (Lipinski definition) is 0. The number of piperidine rings is 1. The Hall–Kier alpha value is -2.15. The molecule has 1 atom stereocenters. The van der Waals surface area contributed by atoms with Crippen molar-refractivity contribution in [2.45, 2.75) is 19.4 Å². The van der Waals surface area contributed by atoms with Crippen LogP contribution in [-0.4, -0.2) is 41.3 Å². The van der Waals surface area contributed by atoms with Crippen LogP contribution >= 0.6 is 0 Å². The molecular formula is C14H17N3O4. The molecule has 0 unspecified atom stereocenters. The molecule has 0 saturated carbocycles. The molecule has 2 aromatic rings. The van der Waals surface area contributed by atoms with Crippen molar-refractivity contribution in [2.24, 2.45) is 5.92 Å². The Morgan fingerprint density at radius 3 is 3.19 bits per heavy atom. The van der Waals surface area contributed by atoms with Crippen LogP contribution in [0.3, 0.4) is 0 Å². The van der Waals surface area contributed by atoms with Gasteiger partial charge in [-0.25, -0.2) is 0 Å². The summed E-state index contributed by atoms with van der Waals surface area (Å²) in [5, 5.41) is 7.99. The first kappa shape index (κ1) is 13.8. The van der Waals surface area contributed by atoms with Crippen molar-refractivity contribution in [2.75, 3.05) is 20.2 Å². The smallest absolute Gasteiger partial charge is 0.309 e. The van der Waals surface area contributed by atoms with Crippen molar-refractivity contribution in [1.82, 2.24) is 15.1 Å². The number of nitrogens with zero attached hydrogens (tertiary/aromatic N) is 3. The third-order valence-corrected chi connectivity index (χ3v) is 3.60. The molecule has 0 amide bonds. The number of carbonyl (C=O) groups excluding carboxylic acids is 1. The van der Waals surface area contributed by atoms with Gasteiger partial charge in [0.1, 0.15) is 0 Å². The fourth-order valence-corrected chi connectivity index (χ4v) is 2.57. The second-order valence-electron chi connectivity index (χ2n) is 5.08. The highest BCUT2D eigenvalue weighted by Crippen LogP contribution is 2.21. The van der Waals surface area contributed by atoms with E-state index in [4.69, 9.17) is 13.6 Å². The van der Waals surface area contributed by atoms with E-state index in [1.54, 1.807) is 18.4 Å². The Kier molecular flexibility index (Phi) is 4.01. The lowest BCUT2D eigenvalue weighted by Crippen LogP contribution is -2.38. The summed E-state index contributed by atoms with van der Waals surface area (Å²) in [4.78, 5) is 13.7. The van der Waals surface area contributed by atoms with Crippen molar-refractivity contribution < 1.29 is 18.4 Å². The fourth-order valence-electron chi connectivity index (χ4n) is 2.57. The highest BCUT2D eigenvalue weighted by atomic mass is 16.5. The maximum Gasteiger partial charge on any atom is 0.309 e. The molecule has 112 valence electrons. The monoisotopic (exact) mass is 291 g/mol. The maximum atomic E-state index is 11.6. The second-order valence-corrected chi connectivity index (χ2v) is 5.08. The summed E-state index contributed by atoms with van der Waals surface area (Å²) in [6.07, 6.45) is 3.38. The van der Waals surface area contributed by atoms with Crippen LogP contribution in [0.5, 0.6) is 0 Å². The highest BCUT2D eigenvalue weighted by molar-refractivity contribution is 5.72. The molecule has 0 radical (unpaired) electrons. The zero-order chi connectivity index (χ0) is 14.7. The van der Waals surface area contributed by atoms with Gasteiger partial charge in [0.15, 0.2) is 5.76 Å². The minimum absolute atomic E-state index is 0.0729. The van der Waals surface area contributed by atoms with Crippen LogP contribution in [0.25, 0.3) is 11.7 Å². The van der Waals surface area contributed by atoms with Gasteiger partial charge in [0.2, 0.25) is 5.89 Å². The molecule has 0 spiro atoms. The van der Waals surface area contributed by atoms with E-state index in [2.05, 4.69) is 15.1 Å². The number of ether oxygens (including phenoxy) is 1. The zero-order valence-electron chi connectivity index (χ0n) is 11.8. The molecule has 1 fully saturated rings. The molecule has 1 aliphatic heterocycles. The van der Waals surface area contributed by atoms with E-state index in [0.29, 0.717) is 30.6 Å². The second kappa shape index (κ2) is 6.09. The Labute approximate surface area is 121 Å². The van der Waals surface area contributed by atoms with Gasteiger partial charge in [0.25, 0.3) is 5.89 Å². The van der Waals surface area contributed by atoms with E-state index < -0.39 is 0 Å². The topological polar surface area (TPSA) is 81.6 Å². The van der Waals surface area contributed by atoms with Crippen LogP contribution < -0.4 is 0 Å². The Bertz CT molecular complexity index is 593. The normalized spacial score (nSPS) is 19.6. The number of carbonyl (C=O) groups is 1. The molecule has 1 aliphatic rings. The Morgan fingerprint density at radius 2 is 2.43 bits per heavy atom.